The lowest BCUT2D eigenvalue weighted by Gasteiger charge is -2.30. The van der Waals surface area contributed by atoms with Gasteiger partial charge in [0.2, 0.25) is 0 Å². The minimum absolute atomic E-state index is 0.407. The van der Waals surface area contributed by atoms with E-state index >= 15 is 0 Å². The van der Waals surface area contributed by atoms with Crippen molar-refractivity contribution >= 4 is 22.3 Å². The van der Waals surface area contributed by atoms with Gasteiger partial charge in [0, 0.05) is 43.4 Å². The summed E-state index contributed by atoms with van der Waals surface area (Å²) in [6.45, 7) is 3.90. The second-order valence-corrected chi connectivity index (χ2v) is 4.33. The first-order valence-corrected chi connectivity index (χ1v) is 6.07. The molecule has 1 N–H and O–H groups in total. The van der Waals surface area contributed by atoms with E-state index in [0.717, 1.165) is 37.3 Å². The van der Waals surface area contributed by atoms with E-state index in [9.17, 15) is 4.91 Å². The maximum atomic E-state index is 10.8. The van der Waals surface area contributed by atoms with Crippen LogP contribution in [0.15, 0.2) is 35.6 Å². The van der Waals surface area contributed by atoms with E-state index in [0.29, 0.717) is 11.2 Å². The molecule has 0 radical (unpaired) electrons. The number of anilines is 1. The third-order valence-electron chi connectivity index (χ3n) is 3.28. The molecule has 1 aliphatic heterocycles. The van der Waals surface area contributed by atoms with Crippen LogP contribution >= 0.6 is 0 Å². The van der Waals surface area contributed by atoms with E-state index in [4.69, 9.17) is 0 Å². The molecule has 2 heterocycles. The molecular weight excluding hydrogens is 228 g/mol. The zero-order valence-corrected chi connectivity index (χ0v) is 9.97. The Morgan fingerprint density at radius 2 is 2.06 bits per heavy atom. The highest BCUT2D eigenvalue weighted by molar-refractivity contribution is 5.98. The maximum Gasteiger partial charge on any atom is 0.134 e. The van der Waals surface area contributed by atoms with E-state index in [1.807, 2.05) is 18.2 Å². The standard InChI is InChI=1S/C13H14N4O/c18-16-11-3-4-12(17-8-6-14-7-9-17)10-2-1-5-15-13(10)11/h1-5,14H,6-9H2. The number of benzene rings is 1. The molecule has 3 rings (SSSR count). The van der Waals surface area contributed by atoms with Gasteiger partial charge in [0.15, 0.2) is 0 Å². The van der Waals surface area contributed by atoms with Gasteiger partial charge in [0.1, 0.15) is 11.2 Å². The van der Waals surface area contributed by atoms with E-state index in [-0.39, 0.29) is 0 Å². The topological polar surface area (TPSA) is 57.6 Å². The average molecular weight is 242 g/mol. The van der Waals surface area contributed by atoms with Crippen molar-refractivity contribution in [1.29, 1.82) is 0 Å². The molecular formula is C13H14N4O. The lowest BCUT2D eigenvalue weighted by molar-refractivity contribution is 0.590. The van der Waals surface area contributed by atoms with Crippen LogP contribution in [0.25, 0.3) is 10.9 Å². The third kappa shape index (κ3) is 1.82. The normalized spacial score (nSPS) is 15.9. The fourth-order valence-corrected chi connectivity index (χ4v) is 2.40. The molecule has 1 aromatic carbocycles. The Kier molecular flexibility index (Phi) is 2.90. The molecule has 92 valence electrons. The van der Waals surface area contributed by atoms with Crippen LogP contribution in [0.1, 0.15) is 0 Å². The van der Waals surface area contributed by atoms with Crippen molar-refractivity contribution in [2.24, 2.45) is 5.18 Å². The summed E-state index contributed by atoms with van der Waals surface area (Å²) in [6, 6.07) is 7.60. The summed E-state index contributed by atoms with van der Waals surface area (Å²) < 4.78 is 0. The number of nitroso groups, excluding NO2 is 1. The predicted octanol–water partition coefficient (Wildman–Crippen LogP) is 2.04. The van der Waals surface area contributed by atoms with Gasteiger partial charge in [-0.05, 0) is 29.4 Å². The number of aromatic nitrogens is 1. The van der Waals surface area contributed by atoms with E-state index < -0.39 is 0 Å². The summed E-state index contributed by atoms with van der Waals surface area (Å²) in [4.78, 5) is 17.4. The molecule has 1 saturated heterocycles. The number of rotatable bonds is 2. The van der Waals surface area contributed by atoms with Gasteiger partial charge in [-0.25, -0.2) is 0 Å². The number of nitrogens with one attached hydrogen (secondary N) is 1. The van der Waals surface area contributed by atoms with Crippen molar-refractivity contribution in [1.82, 2.24) is 10.3 Å². The molecule has 0 saturated carbocycles. The molecule has 18 heavy (non-hydrogen) atoms. The van der Waals surface area contributed by atoms with Gasteiger partial charge < -0.3 is 10.2 Å². The Balaban J connectivity index is 2.14. The number of piperazine rings is 1. The van der Waals surface area contributed by atoms with Crippen molar-refractivity contribution in [2.45, 2.75) is 0 Å². The van der Waals surface area contributed by atoms with Crippen LogP contribution in [0.4, 0.5) is 11.4 Å². The zero-order valence-electron chi connectivity index (χ0n) is 9.97. The fraction of sp³-hybridized carbons (Fsp3) is 0.308. The van der Waals surface area contributed by atoms with Crippen molar-refractivity contribution in [3.63, 3.8) is 0 Å². The summed E-state index contributed by atoms with van der Waals surface area (Å²) in [6.07, 6.45) is 1.69. The van der Waals surface area contributed by atoms with Crippen LogP contribution in [-0.4, -0.2) is 31.2 Å². The molecule has 5 heteroatoms. The predicted molar refractivity (Wildman–Crippen MR) is 72.3 cm³/mol. The minimum Gasteiger partial charge on any atom is -0.368 e. The number of hydrogen-bond donors (Lipinski definition) is 1. The zero-order chi connectivity index (χ0) is 12.4. The van der Waals surface area contributed by atoms with Crippen LogP contribution in [-0.2, 0) is 0 Å². The first kappa shape index (κ1) is 11.1. The van der Waals surface area contributed by atoms with Gasteiger partial charge in [0.25, 0.3) is 0 Å². The molecule has 1 aromatic heterocycles. The van der Waals surface area contributed by atoms with Gasteiger partial charge >= 0.3 is 0 Å². The van der Waals surface area contributed by atoms with Crippen molar-refractivity contribution in [2.75, 3.05) is 31.1 Å². The van der Waals surface area contributed by atoms with Crippen LogP contribution < -0.4 is 10.2 Å². The van der Waals surface area contributed by atoms with Gasteiger partial charge in [-0.2, -0.15) is 0 Å². The summed E-state index contributed by atoms with van der Waals surface area (Å²) in [5.41, 5.74) is 2.22. The third-order valence-corrected chi connectivity index (χ3v) is 3.28. The van der Waals surface area contributed by atoms with E-state index in [1.165, 1.54) is 0 Å². The number of pyridine rings is 1. The summed E-state index contributed by atoms with van der Waals surface area (Å²) >= 11 is 0. The Labute approximate surface area is 105 Å². The molecule has 1 fully saturated rings. The first-order chi connectivity index (χ1) is 8.90. The van der Waals surface area contributed by atoms with Gasteiger partial charge in [-0.1, -0.05) is 0 Å². The quantitative estimate of drug-likeness (QED) is 0.819. The van der Waals surface area contributed by atoms with Crippen LogP contribution in [0.5, 0.6) is 0 Å². The Bertz CT molecular complexity index is 578. The lowest BCUT2D eigenvalue weighted by Crippen LogP contribution is -2.43. The van der Waals surface area contributed by atoms with Crippen molar-refractivity contribution in [3.8, 4) is 0 Å². The summed E-state index contributed by atoms with van der Waals surface area (Å²) in [5, 5.41) is 7.37. The number of fused-ring (bicyclic) bond motifs is 1. The first-order valence-electron chi connectivity index (χ1n) is 6.07. The maximum absolute atomic E-state index is 10.8. The minimum atomic E-state index is 0.407. The molecule has 0 amide bonds. The molecule has 0 unspecified atom stereocenters. The SMILES string of the molecule is O=Nc1ccc(N2CCNCC2)c2cccnc12. The summed E-state index contributed by atoms with van der Waals surface area (Å²) in [5.74, 6) is 0. The Hall–Kier alpha value is -2.01. The van der Waals surface area contributed by atoms with E-state index in [2.05, 4.69) is 20.4 Å². The van der Waals surface area contributed by atoms with E-state index in [1.54, 1.807) is 12.3 Å². The largest absolute Gasteiger partial charge is 0.368 e. The monoisotopic (exact) mass is 242 g/mol. The molecule has 0 bridgehead atoms. The molecule has 2 aromatic rings. The molecule has 1 aliphatic rings. The second kappa shape index (κ2) is 4.70. The smallest absolute Gasteiger partial charge is 0.134 e. The highest BCUT2D eigenvalue weighted by atomic mass is 16.3. The Morgan fingerprint density at radius 3 is 2.83 bits per heavy atom. The van der Waals surface area contributed by atoms with Gasteiger partial charge in [0.05, 0.1) is 0 Å². The fourth-order valence-electron chi connectivity index (χ4n) is 2.40. The Morgan fingerprint density at radius 1 is 1.22 bits per heavy atom. The van der Waals surface area contributed by atoms with Crippen molar-refractivity contribution < 1.29 is 0 Å². The lowest BCUT2D eigenvalue weighted by atomic mass is 10.1. The van der Waals surface area contributed by atoms with Crippen LogP contribution in [0, 0.1) is 4.91 Å². The molecule has 0 aliphatic carbocycles. The van der Waals surface area contributed by atoms with Crippen LogP contribution in [0.2, 0.25) is 0 Å². The molecule has 5 nitrogen and oxygen atoms in total. The highest BCUT2D eigenvalue weighted by Crippen LogP contribution is 2.32. The molecule has 0 spiro atoms. The number of nitrogens with zero attached hydrogens (tertiary/aromatic N) is 3. The average Bonchev–Trinajstić information content (AvgIpc) is 2.47. The summed E-state index contributed by atoms with van der Waals surface area (Å²) in [7, 11) is 0. The van der Waals surface area contributed by atoms with Gasteiger partial charge in [-0.3, -0.25) is 4.98 Å². The van der Waals surface area contributed by atoms with Crippen LogP contribution in [0.3, 0.4) is 0 Å². The van der Waals surface area contributed by atoms with Gasteiger partial charge in [-0.15, -0.1) is 4.91 Å². The van der Waals surface area contributed by atoms with Crippen molar-refractivity contribution in [3.05, 3.63) is 35.4 Å². The molecule has 0 atom stereocenters. The number of hydrogen-bond acceptors (Lipinski definition) is 5. The second-order valence-electron chi connectivity index (χ2n) is 4.33. The highest BCUT2D eigenvalue weighted by Gasteiger charge is 2.15.